The van der Waals surface area contributed by atoms with E-state index in [0.717, 1.165) is 10.0 Å². The number of benzene rings is 3. The molecule has 1 aliphatic rings. The molecule has 0 radical (unpaired) electrons. The number of fused-ring (bicyclic) bond motifs is 1. The summed E-state index contributed by atoms with van der Waals surface area (Å²) in [6.07, 6.45) is 1.66. The number of rotatable bonds is 6. The molecule has 7 nitrogen and oxygen atoms in total. The second-order valence-electron chi connectivity index (χ2n) is 6.95. The Bertz CT molecular complexity index is 1240. The molecule has 8 heteroatoms. The summed E-state index contributed by atoms with van der Waals surface area (Å²) in [5.74, 6) is 0.888. The first-order valence-electron chi connectivity index (χ1n) is 9.79. The summed E-state index contributed by atoms with van der Waals surface area (Å²) >= 11 is 3.38. The summed E-state index contributed by atoms with van der Waals surface area (Å²) in [5.41, 5.74) is 1.42. The van der Waals surface area contributed by atoms with Crippen molar-refractivity contribution in [3.05, 3.63) is 81.5 Å². The molecule has 1 aliphatic heterocycles. The van der Waals surface area contributed by atoms with Gasteiger partial charge in [-0.2, -0.15) is 0 Å². The van der Waals surface area contributed by atoms with Crippen molar-refractivity contribution in [3.8, 4) is 28.7 Å². The van der Waals surface area contributed by atoms with Crippen LogP contribution in [-0.4, -0.2) is 33.1 Å². The third-order valence-electron chi connectivity index (χ3n) is 4.92. The van der Waals surface area contributed by atoms with Crippen LogP contribution in [0.1, 0.15) is 26.3 Å². The fraction of sp³-hybridized carbons (Fsp3) is 0.120. The standard InChI is InChI=1S/C25H19BrO7/c1-29-21-11-15(12-22(30-2)24(21)31-3)25(28)32-17-8-9-18-19(13-17)33-20(23(18)27)10-14-4-6-16(26)7-5-14/h4-13H,1-3H3. The molecule has 0 atom stereocenters. The van der Waals surface area contributed by atoms with Crippen LogP contribution in [0.15, 0.2) is 64.8 Å². The number of hydrogen-bond donors (Lipinski definition) is 0. The molecular weight excluding hydrogens is 492 g/mol. The van der Waals surface area contributed by atoms with Crippen molar-refractivity contribution >= 4 is 33.8 Å². The van der Waals surface area contributed by atoms with Crippen LogP contribution in [-0.2, 0) is 0 Å². The predicted molar refractivity (Wildman–Crippen MR) is 125 cm³/mol. The quantitative estimate of drug-likeness (QED) is 0.252. The van der Waals surface area contributed by atoms with E-state index < -0.39 is 5.97 Å². The van der Waals surface area contributed by atoms with Crippen LogP contribution in [0, 0.1) is 0 Å². The lowest BCUT2D eigenvalue weighted by molar-refractivity contribution is 0.0733. The third kappa shape index (κ3) is 4.56. The first kappa shape index (κ1) is 22.4. The molecule has 0 saturated carbocycles. The van der Waals surface area contributed by atoms with Crippen molar-refractivity contribution in [1.29, 1.82) is 0 Å². The normalized spacial score (nSPS) is 13.3. The van der Waals surface area contributed by atoms with Crippen molar-refractivity contribution in [2.75, 3.05) is 21.3 Å². The van der Waals surface area contributed by atoms with E-state index in [0.29, 0.717) is 28.6 Å². The maximum absolute atomic E-state index is 12.8. The van der Waals surface area contributed by atoms with Gasteiger partial charge in [-0.05, 0) is 48.0 Å². The van der Waals surface area contributed by atoms with E-state index in [-0.39, 0.29) is 22.9 Å². The lowest BCUT2D eigenvalue weighted by Gasteiger charge is -2.13. The number of carbonyl (C=O) groups is 2. The molecule has 33 heavy (non-hydrogen) atoms. The van der Waals surface area contributed by atoms with Gasteiger partial charge in [-0.3, -0.25) is 4.79 Å². The molecule has 3 aromatic rings. The van der Waals surface area contributed by atoms with E-state index in [9.17, 15) is 9.59 Å². The maximum atomic E-state index is 12.8. The van der Waals surface area contributed by atoms with Gasteiger partial charge in [-0.25, -0.2) is 4.79 Å². The Labute approximate surface area is 198 Å². The van der Waals surface area contributed by atoms with Crippen LogP contribution < -0.4 is 23.7 Å². The molecule has 0 fully saturated rings. The molecule has 0 aromatic heterocycles. The SMILES string of the molecule is COc1cc(C(=O)Oc2ccc3c(c2)OC(=Cc2ccc(Br)cc2)C3=O)cc(OC)c1OC. The Balaban J connectivity index is 1.56. The number of ketones is 1. The molecule has 0 saturated heterocycles. The minimum Gasteiger partial charge on any atom is -0.493 e. The number of methoxy groups -OCH3 is 3. The Kier molecular flexibility index (Phi) is 6.37. The van der Waals surface area contributed by atoms with E-state index in [1.165, 1.54) is 39.5 Å². The van der Waals surface area contributed by atoms with Crippen molar-refractivity contribution < 1.29 is 33.3 Å². The predicted octanol–water partition coefficient (Wildman–Crippen LogP) is 5.31. The zero-order valence-electron chi connectivity index (χ0n) is 18.0. The zero-order chi connectivity index (χ0) is 23.5. The molecule has 0 bridgehead atoms. The van der Waals surface area contributed by atoms with E-state index in [2.05, 4.69) is 15.9 Å². The third-order valence-corrected chi connectivity index (χ3v) is 5.45. The highest BCUT2D eigenvalue weighted by molar-refractivity contribution is 9.10. The minimum absolute atomic E-state index is 0.195. The molecule has 1 heterocycles. The van der Waals surface area contributed by atoms with Crippen LogP contribution in [0.2, 0.25) is 0 Å². The van der Waals surface area contributed by atoms with Crippen molar-refractivity contribution in [2.24, 2.45) is 0 Å². The highest BCUT2D eigenvalue weighted by atomic mass is 79.9. The first-order chi connectivity index (χ1) is 15.9. The summed E-state index contributed by atoms with van der Waals surface area (Å²) in [6.45, 7) is 0. The molecule has 0 N–H and O–H groups in total. The monoisotopic (exact) mass is 510 g/mol. The maximum Gasteiger partial charge on any atom is 0.343 e. The number of allylic oxidation sites excluding steroid dienone is 1. The molecule has 0 aliphatic carbocycles. The van der Waals surface area contributed by atoms with Crippen LogP contribution in [0.3, 0.4) is 0 Å². The summed E-state index contributed by atoms with van der Waals surface area (Å²) in [7, 11) is 4.39. The fourth-order valence-corrected chi connectivity index (χ4v) is 3.57. The van der Waals surface area contributed by atoms with Gasteiger partial charge < -0.3 is 23.7 Å². The van der Waals surface area contributed by atoms with Gasteiger partial charge in [0.15, 0.2) is 17.3 Å². The molecule has 3 aromatic carbocycles. The van der Waals surface area contributed by atoms with E-state index in [1.54, 1.807) is 18.2 Å². The molecule has 0 spiro atoms. The fourth-order valence-electron chi connectivity index (χ4n) is 3.31. The highest BCUT2D eigenvalue weighted by Crippen LogP contribution is 2.39. The van der Waals surface area contributed by atoms with Gasteiger partial charge in [0.1, 0.15) is 11.5 Å². The Hall–Kier alpha value is -3.78. The second kappa shape index (κ2) is 9.38. The van der Waals surface area contributed by atoms with E-state index >= 15 is 0 Å². The van der Waals surface area contributed by atoms with Gasteiger partial charge in [-0.1, -0.05) is 28.1 Å². The number of halogens is 1. The Morgan fingerprint density at radius 3 is 2.18 bits per heavy atom. The molecule has 168 valence electrons. The lowest BCUT2D eigenvalue weighted by atomic mass is 10.1. The average molecular weight is 511 g/mol. The number of Topliss-reactive ketones (excluding diaryl/α,β-unsaturated/α-hetero) is 1. The average Bonchev–Trinajstić information content (AvgIpc) is 3.13. The van der Waals surface area contributed by atoms with Crippen LogP contribution in [0.25, 0.3) is 6.08 Å². The zero-order valence-corrected chi connectivity index (χ0v) is 19.6. The van der Waals surface area contributed by atoms with Gasteiger partial charge in [0, 0.05) is 10.5 Å². The summed E-state index contributed by atoms with van der Waals surface area (Å²) < 4.78 is 28.0. The van der Waals surface area contributed by atoms with E-state index in [1.807, 2.05) is 24.3 Å². The molecule has 0 unspecified atom stereocenters. The van der Waals surface area contributed by atoms with Crippen LogP contribution in [0.5, 0.6) is 28.7 Å². The van der Waals surface area contributed by atoms with Crippen molar-refractivity contribution in [3.63, 3.8) is 0 Å². The largest absolute Gasteiger partial charge is 0.493 e. The topological polar surface area (TPSA) is 80.3 Å². The Morgan fingerprint density at radius 1 is 0.909 bits per heavy atom. The lowest BCUT2D eigenvalue weighted by Crippen LogP contribution is -2.09. The summed E-state index contributed by atoms with van der Waals surface area (Å²) in [4.78, 5) is 25.4. The first-order valence-corrected chi connectivity index (χ1v) is 10.6. The van der Waals surface area contributed by atoms with Gasteiger partial charge in [0.25, 0.3) is 0 Å². The Morgan fingerprint density at radius 2 is 1.58 bits per heavy atom. The van der Waals surface area contributed by atoms with E-state index in [4.69, 9.17) is 23.7 Å². The van der Waals surface area contributed by atoms with Gasteiger partial charge >= 0.3 is 5.97 Å². The molecular formula is C25H19BrO7. The van der Waals surface area contributed by atoms with Gasteiger partial charge in [-0.15, -0.1) is 0 Å². The highest BCUT2D eigenvalue weighted by Gasteiger charge is 2.28. The molecule has 4 rings (SSSR count). The number of hydrogen-bond acceptors (Lipinski definition) is 7. The van der Waals surface area contributed by atoms with Crippen LogP contribution >= 0.6 is 15.9 Å². The molecule has 0 amide bonds. The second-order valence-corrected chi connectivity index (χ2v) is 7.87. The number of ether oxygens (including phenoxy) is 5. The van der Waals surface area contributed by atoms with Crippen molar-refractivity contribution in [2.45, 2.75) is 0 Å². The smallest absolute Gasteiger partial charge is 0.343 e. The van der Waals surface area contributed by atoms with Gasteiger partial charge in [0.2, 0.25) is 11.5 Å². The number of carbonyl (C=O) groups excluding carboxylic acids is 2. The van der Waals surface area contributed by atoms with Crippen LogP contribution in [0.4, 0.5) is 0 Å². The summed E-state index contributed by atoms with van der Waals surface area (Å²) in [5, 5.41) is 0. The van der Waals surface area contributed by atoms with Gasteiger partial charge in [0.05, 0.1) is 32.5 Å². The summed E-state index contributed by atoms with van der Waals surface area (Å²) in [6, 6.07) is 15.1. The van der Waals surface area contributed by atoms with Crippen molar-refractivity contribution in [1.82, 2.24) is 0 Å². The number of esters is 1. The minimum atomic E-state index is -0.635.